The number of hydrogen-bond donors (Lipinski definition) is 0. The molecule has 5 heteroatoms. The van der Waals surface area contributed by atoms with E-state index < -0.39 is 0 Å². The molecule has 15 heavy (non-hydrogen) atoms. The average molecular weight is 276 g/mol. The molecule has 0 saturated carbocycles. The second-order valence-electron chi connectivity index (χ2n) is 3.53. The fourth-order valence-electron chi connectivity index (χ4n) is 1.50. The van der Waals surface area contributed by atoms with Crippen molar-refractivity contribution < 1.29 is 14.0 Å². The quantitative estimate of drug-likeness (QED) is 0.793. The lowest BCUT2D eigenvalue weighted by Gasteiger charge is -2.21. The molecule has 1 saturated heterocycles. The Morgan fingerprint density at radius 3 is 3.13 bits per heavy atom. The fourth-order valence-corrected chi connectivity index (χ4v) is 1.77. The first-order chi connectivity index (χ1) is 7.38. The van der Waals surface area contributed by atoms with Crippen molar-refractivity contribution in [2.75, 3.05) is 6.61 Å². The molecular weight excluding hydrogens is 262 g/mol. The molecule has 0 bridgehead atoms. The number of halogens is 1. The van der Waals surface area contributed by atoms with Crippen molar-refractivity contribution >= 4 is 15.9 Å². The van der Waals surface area contributed by atoms with Crippen LogP contribution in [0.5, 0.6) is 0 Å². The molecule has 1 unspecified atom stereocenters. The van der Waals surface area contributed by atoms with E-state index in [4.69, 9.17) is 14.0 Å². The average Bonchev–Trinajstić information content (AvgIpc) is 2.76. The Morgan fingerprint density at radius 1 is 1.53 bits per heavy atom. The first kappa shape index (κ1) is 11.1. The minimum atomic E-state index is -0.0729. The summed E-state index contributed by atoms with van der Waals surface area (Å²) in [6.45, 7) is 1.23. The van der Waals surface area contributed by atoms with E-state index in [1.165, 1.54) is 6.42 Å². The molecule has 84 valence electrons. The maximum absolute atomic E-state index is 5.56. The highest BCUT2D eigenvalue weighted by atomic mass is 79.9. The van der Waals surface area contributed by atoms with Gasteiger partial charge in [-0.15, -0.1) is 0 Å². The van der Waals surface area contributed by atoms with Gasteiger partial charge in [0, 0.05) is 18.0 Å². The zero-order valence-electron chi connectivity index (χ0n) is 8.45. The lowest BCUT2D eigenvalue weighted by Crippen LogP contribution is -2.21. The van der Waals surface area contributed by atoms with Gasteiger partial charge in [0.1, 0.15) is 6.61 Å². The third-order valence-electron chi connectivity index (χ3n) is 2.29. The largest absolute Gasteiger partial charge is 0.359 e. The van der Waals surface area contributed by atoms with Crippen LogP contribution in [0.2, 0.25) is 0 Å². The van der Waals surface area contributed by atoms with Gasteiger partial charge >= 0.3 is 0 Å². The minimum absolute atomic E-state index is 0.0729. The Hall–Kier alpha value is -0.390. The van der Waals surface area contributed by atoms with Crippen LogP contribution in [0.3, 0.4) is 0 Å². The van der Waals surface area contributed by atoms with Gasteiger partial charge < -0.3 is 14.0 Å². The number of ether oxygens (including phenoxy) is 2. The highest BCUT2D eigenvalue weighted by Gasteiger charge is 2.15. The van der Waals surface area contributed by atoms with E-state index >= 15 is 0 Å². The van der Waals surface area contributed by atoms with Crippen molar-refractivity contribution in [3.05, 3.63) is 17.5 Å². The lowest BCUT2D eigenvalue weighted by atomic mass is 10.2. The van der Waals surface area contributed by atoms with Crippen molar-refractivity contribution in [3.8, 4) is 0 Å². The van der Waals surface area contributed by atoms with E-state index in [-0.39, 0.29) is 6.29 Å². The number of alkyl halides is 1. The third-order valence-corrected chi connectivity index (χ3v) is 2.87. The molecule has 0 spiro atoms. The summed E-state index contributed by atoms with van der Waals surface area (Å²) in [5, 5.41) is 4.56. The fraction of sp³-hybridized carbons (Fsp3) is 0.700. The number of rotatable bonds is 4. The predicted molar refractivity (Wildman–Crippen MR) is 57.5 cm³/mol. The summed E-state index contributed by atoms with van der Waals surface area (Å²) in [6, 6.07) is 1.89. The molecule has 1 aromatic rings. The van der Waals surface area contributed by atoms with Gasteiger partial charge in [0.25, 0.3) is 0 Å². The first-order valence-corrected chi connectivity index (χ1v) is 6.24. The molecule has 1 aromatic heterocycles. The molecule has 2 heterocycles. The van der Waals surface area contributed by atoms with Gasteiger partial charge in [0.05, 0.1) is 5.69 Å². The summed E-state index contributed by atoms with van der Waals surface area (Å²) in [7, 11) is 0. The van der Waals surface area contributed by atoms with Gasteiger partial charge in [-0.3, -0.25) is 0 Å². The normalized spacial score (nSPS) is 21.8. The predicted octanol–water partition coefficient (Wildman–Crippen LogP) is 2.61. The SMILES string of the molecule is BrCc1cc(COC2CCCCO2)on1. The van der Waals surface area contributed by atoms with Crippen molar-refractivity contribution in [1.29, 1.82) is 0 Å². The summed E-state index contributed by atoms with van der Waals surface area (Å²) >= 11 is 3.31. The monoisotopic (exact) mass is 275 g/mol. The Kier molecular flexibility index (Phi) is 4.17. The van der Waals surface area contributed by atoms with Crippen LogP contribution in [-0.4, -0.2) is 18.1 Å². The molecule has 4 nitrogen and oxygen atoms in total. The lowest BCUT2D eigenvalue weighted by molar-refractivity contribution is -0.171. The van der Waals surface area contributed by atoms with Crippen molar-refractivity contribution in [2.24, 2.45) is 0 Å². The summed E-state index contributed by atoms with van der Waals surface area (Å²) in [6.07, 6.45) is 3.21. The van der Waals surface area contributed by atoms with E-state index in [0.29, 0.717) is 11.9 Å². The molecule has 0 amide bonds. The topological polar surface area (TPSA) is 44.5 Å². The summed E-state index contributed by atoms with van der Waals surface area (Å²) in [5.41, 5.74) is 0.887. The van der Waals surface area contributed by atoms with E-state index in [2.05, 4.69) is 21.1 Å². The second kappa shape index (κ2) is 5.63. The van der Waals surface area contributed by atoms with Crippen LogP contribution in [-0.2, 0) is 21.4 Å². The van der Waals surface area contributed by atoms with Crippen LogP contribution >= 0.6 is 15.9 Å². The Balaban J connectivity index is 1.76. The highest BCUT2D eigenvalue weighted by molar-refractivity contribution is 9.08. The highest BCUT2D eigenvalue weighted by Crippen LogP contribution is 2.16. The second-order valence-corrected chi connectivity index (χ2v) is 4.09. The Bertz CT molecular complexity index is 297. The summed E-state index contributed by atoms with van der Waals surface area (Å²) < 4.78 is 16.1. The standard InChI is InChI=1S/C10H14BrNO3/c11-6-8-5-9(15-12-8)7-14-10-3-1-2-4-13-10/h5,10H,1-4,6-7H2. The molecule has 0 aliphatic carbocycles. The van der Waals surface area contributed by atoms with E-state index in [0.717, 1.165) is 30.9 Å². The van der Waals surface area contributed by atoms with Crippen LogP contribution in [0, 0.1) is 0 Å². The van der Waals surface area contributed by atoms with Gasteiger partial charge in [0.2, 0.25) is 0 Å². The molecule has 1 fully saturated rings. The Morgan fingerprint density at radius 2 is 2.47 bits per heavy atom. The first-order valence-electron chi connectivity index (χ1n) is 5.12. The molecule has 0 N–H and O–H groups in total. The van der Waals surface area contributed by atoms with E-state index in [1.807, 2.05) is 6.07 Å². The van der Waals surface area contributed by atoms with E-state index in [9.17, 15) is 0 Å². The van der Waals surface area contributed by atoms with Gasteiger partial charge in [-0.25, -0.2) is 0 Å². The zero-order chi connectivity index (χ0) is 10.5. The zero-order valence-corrected chi connectivity index (χ0v) is 10.0. The molecule has 1 aliphatic heterocycles. The molecule has 0 aromatic carbocycles. The molecular formula is C10H14BrNO3. The van der Waals surface area contributed by atoms with E-state index in [1.54, 1.807) is 0 Å². The van der Waals surface area contributed by atoms with Gasteiger partial charge in [-0.1, -0.05) is 21.1 Å². The van der Waals surface area contributed by atoms with Crippen molar-refractivity contribution in [2.45, 2.75) is 37.5 Å². The van der Waals surface area contributed by atoms with Crippen LogP contribution in [0.1, 0.15) is 30.7 Å². The van der Waals surface area contributed by atoms with Gasteiger partial charge in [-0.05, 0) is 19.3 Å². The molecule has 1 aliphatic rings. The number of nitrogens with zero attached hydrogens (tertiary/aromatic N) is 1. The van der Waals surface area contributed by atoms with Crippen molar-refractivity contribution in [1.82, 2.24) is 5.16 Å². The molecule has 1 atom stereocenters. The van der Waals surface area contributed by atoms with Crippen molar-refractivity contribution in [3.63, 3.8) is 0 Å². The molecule has 2 rings (SSSR count). The van der Waals surface area contributed by atoms with Gasteiger partial charge in [0.15, 0.2) is 12.1 Å². The smallest absolute Gasteiger partial charge is 0.162 e. The van der Waals surface area contributed by atoms with Crippen LogP contribution in [0.4, 0.5) is 0 Å². The maximum Gasteiger partial charge on any atom is 0.162 e. The van der Waals surface area contributed by atoms with Crippen LogP contribution in [0.15, 0.2) is 10.6 Å². The summed E-state index contributed by atoms with van der Waals surface area (Å²) in [5.74, 6) is 0.749. The number of hydrogen-bond acceptors (Lipinski definition) is 4. The number of aromatic nitrogens is 1. The maximum atomic E-state index is 5.56. The molecule has 0 radical (unpaired) electrons. The minimum Gasteiger partial charge on any atom is -0.359 e. The Labute approximate surface area is 97.0 Å². The third kappa shape index (κ3) is 3.29. The van der Waals surface area contributed by atoms with Gasteiger partial charge in [-0.2, -0.15) is 0 Å². The summed E-state index contributed by atoms with van der Waals surface area (Å²) in [4.78, 5) is 0. The van der Waals surface area contributed by atoms with Crippen LogP contribution in [0.25, 0.3) is 0 Å². The van der Waals surface area contributed by atoms with Crippen LogP contribution < -0.4 is 0 Å².